The Morgan fingerprint density at radius 2 is 1.57 bits per heavy atom. The molecule has 2 aromatic rings. The molecule has 0 aromatic heterocycles. The molecule has 2 amide bonds. The second kappa shape index (κ2) is 5.45. The van der Waals surface area contributed by atoms with Crippen LogP contribution in [0.2, 0.25) is 0 Å². The zero-order valence-electron chi connectivity index (χ0n) is 11.7. The van der Waals surface area contributed by atoms with Crippen LogP contribution in [0.25, 0.3) is 0 Å². The average Bonchev–Trinajstić information content (AvgIpc) is 2.74. The smallest absolute Gasteiger partial charge is 0.323 e. The van der Waals surface area contributed by atoms with Crippen LogP contribution in [0.3, 0.4) is 0 Å². The predicted octanol–water partition coefficient (Wildman–Crippen LogP) is 1.87. The van der Waals surface area contributed by atoms with Crippen molar-refractivity contribution in [3.05, 3.63) is 53.6 Å². The van der Waals surface area contributed by atoms with Gasteiger partial charge in [-0.2, -0.15) is 0 Å². The van der Waals surface area contributed by atoms with Gasteiger partial charge in [-0.1, -0.05) is 0 Å². The number of rotatable bonds is 4. The molecule has 116 valence electrons. The number of amides is 2. The molecule has 2 aromatic carbocycles. The lowest BCUT2D eigenvalue weighted by Crippen LogP contribution is -2.34. The van der Waals surface area contributed by atoms with Crippen LogP contribution >= 0.6 is 0 Å². The molecule has 0 unspecified atom stereocenters. The summed E-state index contributed by atoms with van der Waals surface area (Å²) in [6.45, 7) is -0.680. The summed E-state index contributed by atoms with van der Waals surface area (Å²) in [7, 11) is 0. The van der Waals surface area contributed by atoms with Crippen LogP contribution < -0.4 is 4.74 Å². The third-order valence-corrected chi connectivity index (χ3v) is 3.31. The Balaban J connectivity index is 1.88. The monoisotopic (exact) mass is 313 g/mol. The lowest BCUT2D eigenvalue weighted by Gasteiger charge is -2.09. The fourth-order valence-electron chi connectivity index (χ4n) is 2.26. The number of aliphatic carboxylic acids is 1. The van der Waals surface area contributed by atoms with Gasteiger partial charge in [-0.05, 0) is 42.5 Å². The van der Waals surface area contributed by atoms with Crippen molar-refractivity contribution in [3.63, 3.8) is 0 Å². The number of hydrogen-bond acceptors (Lipinski definition) is 5. The molecule has 0 radical (unpaired) electrons. The number of ether oxygens (including phenoxy) is 1. The fourth-order valence-corrected chi connectivity index (χ4v) is 2.26. The summed E-state index contributed by atoms with van der Waals surface area (Å²) in [6, 6.07) is 10.3. The SMILES string of the molecule is O=C(O)CN1C(=O)c2ccc(Oc3ccc(O)cc3)cc2C1=O. The van der Waals surface area contributed by atoms with Crippen LogP contribution in [-0.4, -0.2) is 39.4 Å². The number of imide groups is 1. The minimum Gasteiger partial charge on any atom is -0.508 e. The number of hydrogen-bond donors (Lipinski definition) is 2. The van der Waals surface area contributed by atoms with Gasteiger partial charge in [0.2, 0.25) is 0 Å². The van der Waals surface area contributed by atoms with Crippen molar-refractivity contribution in [2.24, 2.45) is 0 Å². The van der Waals surface area contributed by atoms with Gasteiger partial charge in [-0.15, -0.1) is 0 Å². The van der Waals surface area contributed by atoms with Gasteiger partial charge in [0.25, 0.3) is 11.8 Å². The van der Waals surface area contributed by atoms with E-state index in [0.29, 0.717) is 16.4 Å². The van der Waals surface area contributed by atoms with Crippen molar-refractivity contribution in [2.45, 2.75) is 0 Å². The first kappa shape index (κ1) is 14.6. The number of fused-ring (bicyclic) bond motifs is 1. The summed E-state index contributed by atoms with van der Waals surface area (Å²) in [5, 5.41) is 18.0. The Bertz CT molecular complexity index is 812. The maximum absolute atomic E-state index is 12.1. The van der Waals surface area contributed by atoms with E-state index in [2.05, 4.69) is 0 Å². The summed E-state index contributed by atoms with van der Waals surface area (Å²) >= 11 is 0. The normalized spacial score (nSPS) is 13.1. The number of phenols is 1. The largest absolute Gasteiger partial charge is 0.508 e. The van der Waals surface area contributed by atoms with E-state index >= 15 is 0 Å². The molecule has 7 nitrogen and oxygen atoms in total. The Morgan fingerprint density at radius 3 is 2.22 bits per heavy atom. The van der Waals surface area contributed by atoms with Crippen LogP contribution in [0.15, 0.2) is 42.5 Å². The molecule has 0 spiro atoms. The summed E-state index contributed by atoms with van der Waals surface area (Å²) in [6.07, 6.45) is 0. The first-order valence-electron chi connectivity index (χ1n) is 6.64. The maximum Gasteiger partial charge on any atom is 0.323 e. The molecule has 3 rings (SSSR count). The number of carboxylic acid groups (broad SMARTS) is 1. The predicted molar refractivity (Wildman–Crippen MR) is 77.6 cm³/mol. The molecule has 2 N–H and O–H groups in total. The van der Waals surface area contributed by atoms with E-state index in [4.69, 9.17) is 9.84 Å². The summed E-state index contributed by atoms with van der Waals surface area (Å²) in [5.74, 6) is -1.70. The zero-order valence-corrected chi connectivity index (χ0v) is 11.7. The van der Waals surface area contributed by atoms with Gasteiger partial charge in [-0.25, -0.2) is 0 Å². The van der Waals surface area contributed by atoms with E-state index in [9.17, 15) is 19.5 Å². The first-order chi connectivity index (χ1) is 11.0. The highest BCUT2D eigenvalue weighted by Crippen LogP contribution is 2.29. The number of carbonyl (C=O) groups excluding carboxylic acids is 2. The van der Waals surface area contributed by atoms with Crippen LogP contribution in [0, 0.1) is 0 Å². The summed E-state index contributed by atoms with van der Waals surface area (Å²) in [4.78, 5) is 35.6. The average molecular weight is 313 g/mol. The third kappa shape index (κ3) is 2.71. The Hall–Kier alpha value is -3.35. The third-order valence-electron chi connectivity index (χ3n) is 3.31. The number of aromatic hydroxyl groups is 1. The number of nitrogens with zero attached hydrogens (tertiary/aromatic N) is 1. The van der Waals surface area contributed by atoms with Gasteiger partial charge < -0.3 is 14.9 Å². The molecule has 7 heteroatoms. The number of carboxylic acids is 1. The van der Waals surface area contributed by atoms with Crippen molar-refractivity contribution in [2.75, 3.05) is 6.54 Å². The van der Waals surface area contributed by atoms with Crippen LogP contribution in [0.1, 0.15) is 20.7 Å². The highest BCUT2D eigenvalue weighted by molar-refractivity contribution is 6.22. The van der Waals surface area contributed by atoms with E-state index in [1.807, 2.05) is 0 Å². The van der Waals surface area contributed by atoms with Crippen LogP contribution in [-0.2, 0) is 4.79 Å². The van der Waals surface area contributed by atoms with Gasteiger partial charge >= 0.3 is 5.97 Å². The minimum absolute atomic E-state index is 0.0939. The number of phenolic OH excluding ortho intramolecular Hbond substituents is 1. The van der Waals surface area contributed by atoms with E-state index in [1.165, 1.54) is 30.3 Å². The molecular formula is C16H11NO6. The molecule has 0 saturated heterocycles. The molecule has 0 aliphatic carbocycles. The summed E-state index contributed by atoms with van der Waals surface area (Å²) in [5.41, 5.74) is 0.252. The van der Waals surface area contributed by atoms with Gasteiger partial charge in [-0.3, -0.25) is 19.3 Å². The molecule has 1 heterocycles. The highest BCUT2D eigenvalue weighted by atomic mass is 16.5. The van der Waals surface area contributed by atoms with Crippen LogP contribution in [0.4, 0.5) is 0 Å². The Labute approximate surface area is 130 Å². The molecule has 0 fully saturated rings. The Kier molecular flexibility index (Phi) is 3.46. The second-order valence-electron chi connectivity index (χ2n) is 4.89. The number of benzene rings is 2. The molecule has 1 aliphatic rings. The van der Waals surface area contributed by atoms with Crippen molar-refractivity contribution >= 4 is 17.8 Å². The quantitative estimate of drug-likeness (QED) is 0.835. The van der Waals surface area contributed by atoms with E-state index < -0.39 is 24.3 Å². The lowest BCUT2D eigenvalue weighted by molar-refractivity contribution is -0.137. The van der Waals surface area contributed by atoms with Gasteiger partial charge in [0, 0.05) is 0 Å². The molecule has 23 heavy (non-hydrogen) atoms. The second-order valence-corrected chi connectivity index (χ2v) is 4.89. The van der Waals surface area contributed by atoms with Crippen molar-refractivity contribution < 1.29 is 29.3 Å². The van der Waals surface area contributed by atoms with Gasteiger partial charge in [0.15, 0.2) is 0 Å². The Morgan fingerprint density at radius 1 is 0.957 bits per heavy atom. The van der Waals surface area contributed by atoms with Crippen molar-refractivity contribution in [3.8, 4) is 17.2 Å². The van der Waals surface area contributed by atoms with E-state index in [-0.39, 0.29) is 16.9 Å². The molecular weight excluding hydrogens is 302 g/mol. The lowest BCUT2D eigenvalue weighted by atomic mass is 10.1. The molecule has 0 saturated carbocycles. The van der Waals surface area contributed by atoms with Crippen LogP contribution in [0.5, 0.6) is 17.2 Å². The van der Waals surface area contributed by atoms with Gasteiger partial charge in [0.1, 0.15) is 23.8 Å². The molecule has 1 aliphatic heterocycles. The standard InChI is InChI=1S/C16H11NO6/c18-9-1-3-10(4-2-9)23-11-5-6-12-13(7-11)16(22)17(15(12)21)8-14(19)20/h1-7,18H,8H2,(H,19,20). The van der Waals surface area contributed by atoms with Crippen molar-refractivity contribution in [1.82, 2.24) is 4.90 Å². The number of carbonyl (C=O) groups is 3. The fraction of sp³-hybridized carbons (Fsp3) is 0.0625. The van der Waals surface area contributed by atoms with E-state index in [0.717, 1.165) is 0 Å². The molecule has 0 bridgehead atoms. The molecule has 0 atom stereocenters. The van der Waals surface area contributed by atoms with Crippen molar-refractivity contribution in [1.29, 1.82) is 0 Å². The van der Waals surface area contributed by atoms with E-state index in [1.54, 1.807) is 12.1 Å². The zero-order chi connectivity index (χ0) is 16.6. The summed E-state index contributed by atoms with van der Waals surface area (Å²) < 4.78 is 5.55. The maximum atomic E-state index is 12.1. The highest BCUT2D eigenvalue weighted by Gasteiger charge is 2.36. The topological polar surface area (TPSA) is 104 Å². The van der Waals surface area contributed by atoms with Gasteiger partial charge in [0.05, 0.1) is 11.1 Å². The first-order valence-corrected chi connectivity index (χ1v) is 6.64. The minimum atomic E-state index is -1.26.